The molecule has 3 aromatic rings. The molecule has 25 heteroatoms. The standard InChI is InChI=1S/C66H85ClN6O16S2/c1-43-15-13-20-54(83-8)66(81)41-53(87-64(80)70-66)44(2)62-65(4,89-62)55(40-60(78)72(6)51-38-46(37-43)39-52(82-7)61(51)67)88-63(79)45(3)71(5)58(76)26-36-91-90-35-14-21-56(74)68-27-29-84-31-33-86-34-32-85-30-28-69-57(75)24-25-59(77)73-42-49-18-10-9-16-47(49)22-23-48-17-11-12-19-50(48)73/h9-13,15-20,38-39,44-45,53-55,62,81H,14,21,24-37,40-42H2,1-8H3,(H,68,74)(H,69,75)(H,70,80)/b20-13+,43-15+/t44-,45-,53+,54-,55+,62+,65-,66+/m1/s1. The first-order valence-corrected chi connectivity index (χ1v) is 33.4. The second-order valence-electron chi connectivity index (χ2n) is 22.8. The molecule has 8 atom stereocenters. The Balaban J connectivity index is 0.748. The third-order valence-corrected chi connectivity index (χ3v) is 19.1. The maximum atomic E-state index is 14.4. The average Bonchev–Trinajstić information content (AvgIpc) is 1.58. The van der Waals surface area contributed by atoms with E-state index < -0.39 is 65.7 Å². The van der Waals surface area contributed by atoms with E-state index in [1.54, 1.807) is 57.0 Å². The SMILES string of the molecule is COc1cc2cc(c1Cl)N(C)C(=O)C[C@H](OC(=O)[C@@H](C)N(C)C(=O)CCSSCCCC(=O)NCCOCCOCCOCCNC(=O)CCC(=O)N1Cc3ccccc3C#Cc3ccccc31)[C@@]1(C)O[C@H]1[C@H](C)[C@@H]1C[C@@](O)(NC(=O)O1)[C@H](OC)/C=C/C=C(\C)C2. The highest BCUT2D eigenvalue weighted by molar-refractivity contribution is 8.76. The van der Waals surface area contributed by atoms with Crippen LogP contribution >= 0.6 is 33.2 Å². The van der Waals surface area contributed by atoms with Crippen LogP contribution in [0.25, 0.3) is 0 Å². The average molecular weight is 1320 g/mol. The molecular formula is C66H85ClN6O16S2. The van der Waals surface area contributed by atoms with Crippen molar-refractivity contribution in [2.24, 2.45) is 5.92 Å². The number of esters is 1. The molecule has 0 saturated carbocycles. The lowest BCUT2D eigenvalue weighted by Crippen LogP contribution is -2.63. The number of nitrogens with one attached hydrogen (secondary N) is 3. The summed E-state index contributed by atoms with van der Waals surface area (Å²) in [5.41, 5.74) is 2.22. The van der Waals surface area contributed by atoms with E-state index in [9.17, 15) is 38.7 Å². The van der Waals surface area contributed by atoms with Gasteiger partial charge in [-0.1, -0.05) is 106 Å². The zero-order valence-electron chi connectivity index (χ0n) is 53.0. The quantitative estimate of drug-likeness (QED) is 0.0186. The second-order valence-corrected chi connectivity index (χ2v) is 25.9. The van der Waals surface area contributed by atoms with Crippen LogP contribution in [-0.4, -0.2) is 186 Å². The van der Waals surface area contributed by atoms with E-state index in [1.807, 2.05) is 61.5 Å². The fourth-order valence-electron chi connectivity index (χ4n) is 10.7. The van der Waals surface area contributed by atoms with Crippen molar-refractivity contribution in [1.82, 2.24) is 20.9 Å². The molecule has 4 bridgehead atoms. The van der Waals surface area contributed by atoms with Crippen LogP contribution < -0.4 is 30.5 Å². The van der Waals surface area contributed by atoms with E-state index in [0.29, 0.717) is 94.9 Å². The summed E-state index contributed by atoms with van der Waals surface area (Å²) in [5.74, 6) is 5.25. The number of likely N-dealkylation sites (N-methyl/N-ethyl adjacent to an activating group) is 1. The number of para-hydroxylation sites is 1. The van der Waals surface area contributed by atoms with Gasteiger partial charge in [0.05, 0.1) is 77.2 Å². The molecule has 0 aromatic heterocycles. The minimum Gasteiger partial charge on any atom is -0.495 e. The van der Waals surface area contributed by atoms with Gasteiger partial charge in [-0.05, 0) is 75.1 Å². The number of carbonyl (C=O) groups is 7. The number of halogens is 1. The van der Waals surface area contributed by atoms with Crippen LogP contribution in [0.3, 0.4) is 0 Å². The highest BCUT2D eigenvalue weighted by atomic mass is 35.5. The Morgan fingerprint density at radius 1 is 0.879 bits per heavy atom. The van der Waals surface area contributed by atoms with Crippen LogP contribution in [0.5, 0.6) is 5.75 Å². The third-order valence-electron chi connectivity index (χ3n) is 16.3. The maximum Gasteiger partial charge on any atom is 0.409 e. The Bertz CT molecular complexity index is 3180. The number of carbonyl (C=O) groups excluding carboxylic acids is 7. The topological polar surface area (TPSA) is 263 Å². The first-order chi connectivity index (χ1) is 43.7. The van der Waals surface area contributed by atoms with Gasteiger partial charge in [-0.3, -0.25) is 29.3 Å². The Morgan fingerprint density at radius 2 is 1.53 bits per heavy atom. The van der Waals surface area contributed by atoms with Crippen LogP contribution in [0.1, 0.15) is 94.9 Å². The van der Waals surface area contributed by atoms with E-state index in [2.05, 4.69) is 27.8 Å². The molecule has 0 aliphatic carbocycles. The molecule has 2 fully saturated rings. The predicted molar refractivity (Wildman–Crippen MR) is 347 cm³/mol. The lowest BCUT2D eigenvalue weighted by Gasteiger charge is -2.42. The number of methoxy groups -OCH3 is 2. The van der Waals surface area contributed by atoms with Crippen LogP contribution in [0, 0.1) is 17.8 Å². The van der Waals surface area contributed by atoms with Gasteiger partial charge in [0.25, 0.3) is 0 Å². The molecule has 22 nitrogen and oxygen atoms in total. The summed E-state index contributed by atoms with van der Waals surface area (Å²) < 4.78 is 46.2. The lowest BCUT2D eigenvalue weighted by molar-refractivity contribution is -0.162. The third kappa shape index (κ3) is 20.4. The number of amides is 6. The van der Waals surface area contributed by atoms with Gasteiger partial charge < -0.3 is 68.3 Å². The molecule has 494 valence electrons. The molecule has 4 aliphatic heterocycles. The number of allylic oxidation sites excluding steroid dienone is 3. The fourth-order valence-corrected chi connectivity index (χ4v) is 13.1. The van der Waals surface area contributed by atoms with Crippen molar-refractivity contribution in [3.63, 3.8) is 0 Å². The summed E-state index contributed by atoms with van der Waals surface area (Å²) >= 11 is 6.83. The molecule has 91 heavy (non-hydrogen) atoms. The summed E-state index contributed by atoms with van der Waals surface area (Å²) in [6, 6.07) is 17.8. The molecule has 4 aliphatic rings. The van der Waals surface area contributed by atoms with Gasteiger partial charge in [0.15, 0.2) is 5.72 Å². The molecule has 3 aromatic carbocycles. The predicted octanol–water partition coefficient (Wildman–Crippen LogP) is 7.08. The van der Waals surface area contributed by atoms with Gasteiger partial charge in [-0.15, -0.1) is 0 Å². The first-order valence-electron chi connectivity index (χ1n) is 30.5. The number of nitrogens with zero attached hydrogens (tertiary/aromatic N) is 3. The number of benzene rings is 3. The largest absolute Gasteiger partial charge is 0.495 e. The second kappa shape index (κ2) is 34.8. The molecule has 6 amide bonds. The summed E-state index contributed by atoms with van der Waals surface area (Å²) in [6.45, 7) is 9.91. The van der Waals surface area contributed by atoms with Crippen LogP contribution in [0.2, 0.25) is 5.02 Å². The van der Waals surface area contributed by atoms with Crippen molar-refractivity contribution in [2.75, 3.05) is 102 Å². The minimum atomic E-state index is -1.87. The summed E-state index contributed by atoms with van der Waals surface area (Å²) in [6.07, 6.45) is 1.75. The van der Waals surface area contributed by atoms with E-state index in [-0.39, 0.29) is 67.4 Å². The minimum absolute atomic E-state index is 0.0450. The normalized spacial score (nSPS) is 23.3. The number of rotatable bonds is 28. The summed E-state index contributed by atoms with van der Waals surface area (Å²) in [4.78, 5) is 97.7. The van der Waals surface area contributed by atoms with E-state index in [0.717, 1.165) is 33.5 Å². The lowest BCUT2D eigenvalue weighted by atomic mass is 9.83. The van der Waals surface area contributed by atoms with Crippen molar-refractivity contribution in [1.29, 1.82) is 0 Å². The summed E-state index contributed by atoms with van der Waals surface area (Å²) in [5, 5.41) is 20.2. The number of alkyl carbamates (subject to hydrolysis) is 1. The van der Waals surface area contributed by atoms with Crippen LogP contribution in [0.15, 0.2) is 84.5 Å². The Kier molecular flexibility index (Phi) is 27.5. The Hall–Kier alpha value is -6.66. The van der Waals surface area contributed by atoms with Gasteiger partial charge in [-0.2, -0.15) is 0 Å². The molecule has 4 heterocycles. The van der Waals surface area contributed by atoms with Gasteiger partial charge in [0, 0.05) is 94.9 Å². The van der Waals surface area contributed by atoms with Crippen molar-refractivity contribution < 1.29 is 76.6 Å². The number of ether oxygens (including phenoxy) is 8. The number of fused-ring (bicyclic) bond motifs is 7. The van der Waals surface area contributed by atoms with Crippen LogP contribution in [-0.2, 0) is 74.9 Å². The van der Waals surface area contributed by atoms with Gasteiger partial charge >= 0.3 is 12.1 Å². The first kappa shape index (κ1) is 71.8. The van der Waals surface area contributed by atoms with E-state index in [4.69, 9.17) is 49.5 Å². The Morgan fingerprint density at radius 3 is 2.23 bits per heavy atom. The zero-order valence-corrected chi connectivity index (χ0v) is 55.4. The van der Waals surface area contributed by atoms with Gasteiger partial charge in [-0.25, -0.2) is 9.59 Å². The van der Waals surface area contributed by atoms with Crippen LogP contribution in [0.4, 0.5) is 16.2 Å². The Labute approximate surface area is 545 Å². The zero-order chi connectivity index (χ0) is 65.7. The molecular weight excluding hydrogens is 1230 g/mol. The number of anilines is 2. The van der Waals surface area contributed by atoms with Gasteiger partial charge in [0.2, 0.25) is 29.5 Å². The molecule has 0 spiro atoms. The molecule has 7 rings (SSSR count). The van der Waals surface area contributed by atoms with Gasteiger partial charge in [0.1, 0.15) is 40.7 Å². The monoisotopic (exact) mass is 1320 g/mol. The molecule has 4 N–H and O–H groups in total. The van der Waals surface area contributed by atoms with E-state index >= 15 is 0 Å². The highest BCUT2D eigenvalue weighted by Crippen LogP contribution is 2.49. The molecule has 2 saturated heterocycles. The molecule has 0 radical (unpaired) electrons. The number of aliphatic hydroxyl groups is 1. The number of hydrogen-bond acceptors (Lipinski definition) is 18. The van der Waals surface area contributed by atoms with Crippen molar-refractivity contribution in [3.05, 3.63) is 112 Å². The smallest absolute Gasteiger partial charge is 0.409 e. The van der Waals surface area contributed by atoms with Crippen molar-refractivity contribution in [2.45, 2.75) is 127 Å². The maximum absolute atomic E-state index is 14.4. The number of epoxide rings is 1. The number of hydrogen-bond donors (Lipinski definition) is 4. The molecule has 0 unspecified atom stereocenters. The van der Waals surface area contributed by atoms with Crippen molar-refractivity contribution in [3.8, 4) is 17.6 Å². The van der Waals surface area contributed by atoms with E-state index in [1.165, 1.54) is 52.7 Å². The van der Waals surface area contributed by atoms with Crippen molar-refractivity contribution >= 4 is 86.2 Å². The highest BCUT2D eigenvalue weighted by Gasteiger charge is 2.64. The fraction of sp³-hybridized carbons (Fsp3) is 0.530. The summed E-state index contributed by atoms with van der Waals surface area (Å²) in [7, 11) is 9.00.